The van der Waals surface area contributed by atoms with Crippen LogP contribution < -0.4 is 0 Å². The zero-order chi connectivity index (χ0) is 33.7. The quantitative estimate of drug-likeness (QED) is 0.185. The van der Waals surface area contributed by atoms with E-state index in [4.69, 9.17) is 19.4 Å². The Morgan fingerprint density at radius 2 is 1.08 bits per heavy atom. The van der Waals surface area contributed by atoms with Gasteiger partial charge in [0.05, 0.1) is 0 Å². The number of hydrogen-bond donors (Lipinski definition) is 0. The molecule has 0 saturated carbocycles. The van der Waals surface area contributed by atoms with Crippen molar-refractivity contribution in [2.24, 2.45) is 0 Å². The molecule has 1 aliphatic rings. The van der Waals surface area contributed by atoms with Gasteiger partial charge in [0, 0.05) is 32.8 Å². The molecule has 9 aromatic rings. The Balaban J connectivity index is 1.20. The van der Waals surface area contributed by atoms with Gasteiger partial charge in [-0.15, -0.1) is 0 Å². The molecule has 0 spiro atoms. The third-order valence-electron chi connectivity index (χ3n) is 10.00. The van der Waals surface area contributed by atoms with Gasteiger partial charge in [-0.25, -0.2) is 15.0 Å². The van der Waals surface area contributed by atoms with Gasteiger partial charge in [-0.1, -0.05) is 146 Å². The van der Waals surface area contributed by atoms with Gasteiger partial charge in [-0.05, 0) is 69.8 Å². The number of aromatic nitrogens is 3. The number of benzene rings is 7. The smallest absolute Gasteiger partial charge is 0.164 e. The summed E-state index contributed by atoms with van der Waals surface area (Å²) in [6.07, 6.45) is 6.69. The van der Waals surface area contributed by atoms with E-state index in [2.05, 4.69) is 127 Å². The Morgan fingerprint density at radius 3 is 1.86 bits per heavy atom. The summed E-state index contributed by atoms with van der Waals surface area (Å²) in [5, 5.41) is 4.18. The van der Waals surface area contributed by atoms with Gasteiger partial charge >= 0.3 is 0 Å². The molecule has 51 heavy (non-hydrogen) atoms. The third kappa shape index (κ3) is 5.12. The molecule has 240 valence electrons. The van der Waals surface area contributed by atoms with Crippen LogP contribution in [0.3, 0.4) is 0 Å². The van der Waals surface area contributed by atoms with Crippen molar-refractivity contribution in [3.05, 3.63) is 169 Å². The zero-order valence-corrected chi connectivity index (χ0v) is 27.8. The normalized spacial score (nSPS) is 12.5. The first-order valence-electron chi connectivity index (χ1n) is 17.4. The minimum atomic E-state index is 0.620. The molecule has 0 saturated heterocycles. The van der Waals surface area contributed by atoms with Crippen LogP contribution in [0.2, 0.25) is 0 Å². The van der Waals surface area contributed by atoms with Gasteiger partial charge in [0.15, 0.2) is 17.5 Å². The van der Waals surface area contributed by atoms with Crippen molar-refractivity contribution in [3.63, 3.8) is 0 Å². The molecule has 0 amide bonds. The highest BCUT2D eigenvalue weighted by atomic mass is 16.3. The number of fused-ring (bicyclic) bond motifs is 6. The average Bonchev–Trinajstić information content (AvgIpc) is 3.60. The second-order valence-electron chi connectivity index (χ2n) is 13.1. The molecule has 0 atom stereocenters. The Morgan fingerprint density at radius 1 is 0.451 bits per heavy atom. The van der Waals surface area contributed by atoms with Crippen LogP contribution in [0.1, 0.15) is 17.5 Å². The molecule has 4 nitrogen and oxygen atoms in total. The van der Waals surface area contributed by atoms with E-state index in [0.717, 1.165) is 73.4 Å². The largest absolute Gasteiger partial charge is 0.455 e. The van der Waals surface area contributed by atoms with Crippen LogP contribution >= 0.6 is 0 Å². The molecule has 2 heterocycles. The van der Waals surface area contributed by atoms with Crippen LogP contribution in [0.5, 0.6) is 0 Å². The molecule has 4 heteroatoms. The number of aryl methyl sites for hydroxylation is 1. The highest BCUT2D eigenvalue weighted by Crippen LogP contribution is 2.43. The minimum Gasteiger partial charge on any atom is -0.455 e. The summed E-state index contributed by atoms with van der Waals surface area (Å²) >= 11 is 0. The van der Waals surface area contributed by atoms with Crippen LogP contribution in [-0.4, -0.2) is 15.0 Å². The zero-order valence-electron chi connectivity index (χ0n) is 27.8. The van der Waals surface area contributed by atoms with Crippen LogP contribution in [-0.2, 0) is 6.42 Å². The van der Waals surface area contributed by atoms with Gasteiger partial charge in [0.2, 0.25) is 0 Å². The lowest BCUT2D eigenvalue weighted by Crippen LogP contribution is -2.00. The molecule has 0 N–H and O–H groups in total. The van der Waals surface area contributed by atoms with Crippen molar-refractivity contribution in [2.75, 3.05) is 0 Å². The highest BCUT2D eigenvalue weighted by molar-refractivity contribution is 6.22. The SMILES string of the molecule is C1=Cc2cc(-c3cccc4oc5c6ccccc6c(-c6nc(-c7ccccc7)nc(-c7ccc(-c8ccccc8)cc7)n6)cc5c34)ccc2CC1. The summed E-state index contributed by atoms with van der Waals surface area (Å²) in [6, 6.07) is 52.8. The maximum atomic E-state index is 6.70. The Kier molecular flexibility index (Phi) is 6.91. The van der Waals surface area contributed by atoms with Crippen molar-refractivity contribution in [3.8, 4) is 56.4 Å². The topological polar surface area (TPSA) is 51.8 Å². The van der Waals surface area contributed by atoms with Crippen molar-refractivity contribution >= 4 is 38.8 Å². The van der Waals surface area contributed by atoms with Crippen LogP contribution in [0.4, 0.5) is 0 Å². The molecule has 1 aliphatic carbocycles. The minimum absolute atomic E-state index is 0.620. The Bertz CT molecular complexity index is 2780. The lowest BCUT2D eigenvalue weighted by atomic mass is 9.91. The molecule has 0 bridgehead atoms. The van der Waals surface area contributed by atoms with Crippen molar-refractivity contribution in [1.82, 2.24) is 15.0 Å². The molecule has 7 aromatic carbocycles. The van der Waals surface area contributed by atoms with E-state index in [1.54, 1.807) is 0 Å². The molecular weight excluding hydrogens is 623 g/mol. The number of hydrogen-bond acceptors (Lipinski definition) is 4. The Labute approximate surface area is 295 Å². The predicted octanol–water partition coefficient (Wildman–Crippen LogP) is 12.2. The monoisotopic (exact) mass is 653 g/mol. The van der Waals surface area contributed by atoms with E-state index < -0.39 is 0 Å². The van der Waals surface area contributed by atoms with Crippen molar-refractivity contribution < 1.29 is 4.42 Å². The number of furan rings is 1. The first kappa shape index (κ1) is 29.3. The van der Waals surface area contributed by atoms with Crippen molar-refractivity contribution in [1.29, 1.82) is 0 Å². The van der Waals surface area contributed by atoms with Gasteiger partial charge in [-0.3, -0.25) is 0 Å². The van der Waals surface area contributed by atoms with Gasteiger partial charge in [0.25, 0.3) is 0 Å². The molecule has 0 aliphatic heterocycles. The fourth-order valence-corrected chi connectivity index (χ4v) is 7.45. The first-order valence-corrected chi connectivity index (χ1v) is 17.4. The molecule has 0 fully saturated rings. The van der Waals surface area contributed by atoms with E-state index in [1.165, 1.54) is 22.3 Å². The highest BCUT2D eigenvalue weighted by Gasteiger charge is 2.21. The molecule has 0 radical (unpaired) electrons. The fourth-order valence-electron chi connectivity index (χ4n) is 7.45. The molecule has 0 unspecified atom stereocenters. The van der Waals surface area contributed by atoms with E-state index in [0.29, 0.717) is 17.5 Å². The lowest BCUT2D eigenvalue weighted by Gasteiger charge is -2.13. The van der Waals surface area contributed by atoms with Crippen LogP contribution in [0.15, 0.2) is 162 Å². The second kappa shape index (κ2) is 12.0. The molecule has 10 rings (SSSR count). The number of allylic oxidation sites excluding steroid dienone is 1. The standard InChI is InChI=1S/C47H31N3O/c1-3-12-30(13-4-1)32-22-25-34(26-23-32)46-48-45(33-15-5-2-6-16-33)49-47(50-46)40-29-41-43-37(36-27-24-31-14-7-8-17-35(31)28-36)20-11-21-42(43)51-44(41)39-19-10-9-18-38(39)40/h1-6,8-13,15-29H,7,14H2. The number of rotatable bonds is 5. The van der Waals surface area contributed by atoms with E-state index >= 15 is 0 Å². The molecule has 2 aromatic heterocycles. The van der Waals surface area contributed by atoms with Gasteiger partial charge in [-0.2, -0.15) is 0 Å². The fraction of sp³-hybridized carbons (Fsp3) is 0.0426. The predicted molar refractivity (Wildman–Crippen MR) is 209 cm³/mol. The third-order valence-corrected chi connectivity index (χ3v) is 10.00. The van der Waals surface area contributed by atoms with Gasteiger partial charge in [0.1, 0.15) is 11.2 Å². The Hall–Kier alpha value is -6.65. The maximum Gasteiger partial charge on any atom is 0.164 e. The van der Waals surface area contributed by atoms with Crippen molar-refractivity contribution in [2.45, 2.75) is 12.8 Å². The number of nitrogens with zero attached hydrogens (tertiary/aromatic N) is 3. The van der Waals surface area contributed by atoms with Crippen LogP contribution in [0.25, 0.3) is 95.2 Å². The summed E-state index contributed by atoms with van der Waals surface area (Å²) < 4.78 is 6.70. The van der Waals surface area contributed by atoms with E-state index in [9.17, 15) is 0 Å². The second-order valence-corrected chi connectivity index (χ2v) is 13.1. The first-order chi connectivity index (χ1) is 25.3. The summed E-state index contributed by atoms with van der Waals surface area (Å²) in [5.41, 5.74) is 11.8. The summed E-state index contributed by atoms with van der Waals surface area (Å²) in [7, 11) is 0. The summed E-state index contributed by atoms with van der Waals surface area (Å²) in [6.45, 7) is 0. The summed E-state index contributed by atoms with van der Waals surface area (Å²) in [5.74, 6) is 1.88. The maximum absolute atomic E-state index is 6.70. The van der Waals surface area contributed by atoms with Gasteiger partial charge < -0.3 is 4.42 Å². The van der Waals surface area contributed by atoms with E-state index in [1.807, 2.05) is 36.4 Å². The lowest BCUT2D eigenvalue weighted by molar-refractivity contribution is 0.673. The van der Waals surface area contributed by atoms with Crippen LogP contribution in [0, 0.1) is 0 Å². The average molecular weight is 654 g/mol. The summed E-state index contributed by atoms with van der Waals surface area (Å²) in [4.78, 5) is 15.4. The van der Waals surface area contributed by atoms with E-state index in [-0.39, 0.29) is 0 Å². The molecular formula is C47H31N3O.